The Bertz CT molecular complexity index is 1010. The molecular formula is C23H23N3O4S. The van der Waals surface area contributed by atoms with E-state index in [1.807, 2.05) is 43.3 Å². The van der Waals surface area contributed by atoms with Crippen LogP contribution >= 0.6 is 11.8 Å². The molecule has 0 bridgehead atoms. The average molecular weight is 438 g/mol. The maximum atomic E-state index is 12.7. The Morgan fingerprint density at radius 2 is 1.74 bits per heavy atom. The highest BCUT2D eigenvalue weighted by Crippen LogP contribution is 2.32. The Balaban J connectivity index is 1.39. The van der Waals surface area contributed by atoms with Gasteiger partial charge in [-0.2, -0.15) is 0 Å². The Kier molecular flexibility index (Phi) is 6.39. The molecule has 4 rings (SSSR count). The molecule has 8 heteroatoms. The summed E-state index contributed by atoms with van der Waals surface area (Å²) in [5.74, 6) is -0.867. The van der Waals surface area contributed by atoms with Gasteiger partial charge in [-0.05, 0) is 54.6 Å². The number of nitrogens with one attached hydrogen (secondary N) is 1. The van der Waals surface area contributed by atoms with Gasteiger partial charge in [-0.3, -0.25) is 19.3 Å². The number of benzene rings is 2. The van der Waals surface area contributed by atoms with Crippen LogP contribution in [0.2, 0.25) is 0 Å². The van der Waals surface area contributed by atoms with E-state index in [0.29, 0.717) is 23.8 Å². The first-order chi connectivity index (χ1) is 15.0. The average Bonchev–Trinajstić information content (AvgIpc) is 3.04. The standard InChI is InChI=1S/C23H23N3O4S/c1-16-2-6-18(7-3-16)24-21(27)15-26-22(28)20(31-23(26)29)14-17-4-8-19(9-5-17)25-10-12-30-13-11-25/h2-9,14H,10-13,15H2,1H3,(H,24,27)/b20-14-. The zero-order chi connectivity index (χ0) is 21.8. The Labute approximate surface area is 185 Å². The number of aryl methyl sites for hydroxylation is 1. The first kappa shape index (κ1) is 21.1. The molecule has 0 saturated carbocycles. The highest BCUT2D eigenvalue weighted by atomic mass is 32.2. The monoisotopic (exact) mass is 437 g/mol. The van der Waals surface area contributed by atoms with E-state index in [2.05, 4.69) is 10.2 Å². The predicted molar refractivity (Wildman–Crippen MR) is 122 cm³/mol. The minimum Gasteiger partial charge on any atom is -0.378 e. The smallest absolute Gasteiger partial charge is 0.294 e. The lowest BCUT2D eigenvalue weighted by molar-refractivity contribution is -0.127. The van der Waals surface area contributed by atoms with Crippen molar-refractivity contribution in [2.75, 3.05) is 43.1 Å². The van der Waals surface area contributed by atoms with Crippen molar-refractivity contribution in [3.8, 4) is 0 Å². The topological polar surface area (TPSA) is 79.0 Å². The summed E-state index contributed by atoms with van der Waals surface area (Å²) in [6.45, 7) is 4.77. The third-order valence-electron chi connectivity index (χ3n) is 5.08. The molecule has 0 spiro atoms. The predicted octanol–water partition coefficient (Wildman–Crippen LogP) is 3.51. The Morgan fingerprint density at radius 1 is 1.06 bits per heavy atom. The molecule has 0 aliphatic carbocycles. The Morgan fingerprint density at radius 3 is 2.42 bits per heavy atom. The van der Waals surface area contributed by atoms with Gasteiger partial charge in [0, 0.05) is 24.5 Å². The molecule has 2 heterocycles. The molecule has 0 radical (unpaired) electrons. The van der Waals surface area contributed by atoms with E-state index in [-0.39, 0.29) is 6.54 Å². The molecule has 160 valence electrons. The zero-order valence-electron chi connectivity index (χ0n) is 17.2. The van der Waals surface area contributed by atoms with Gasteiger partial charge in [-0.15, -0.1) is 0 Å². The van der Waals surface area contributed by atoms with Gasteiger partial charge < -0.3 is 15.0 Å². The number of hydrogen-bond donors (Lipinski definition) is 1. The maximum absolute atomic E-state index is 12.7. The second-order valence-corrected chi connectivity index (χ2v) is 8.37. The second-order valence-electron chi connectivity index (χ2n) is 7.37. The van der Waals surface area contributed by atoms with Gasteiger partial charge >= 0.3 is 0 Å². The molecule has 0 aromatic heterocycles. The van der Waals surface area contributed by atoms with Crippen LogP contribution < -0.4 is 10.2 Å². The third-order valence-corrected chi connectivity index (χ3v) is 5.99. The van der Waals surface area contributed by atoms with Crippen LogP contribution in [0.5, 0.6) is 0 Å². The number of anilines is 2. The van der Waals surface area contributed by atoms with Gasteiger partial charge in [0.1, 0.15) is 6.54 Å². The second kappa shape index (κ2) is 9.36. The number of nitrogens with zero attached hydrogens (tertiary/aromatic N) is 2. The molecule has 2 fully saturated rings. The van der Waals surface area contributed by atoms with Gasteiger partial charge in [0.05, 0.1) is 18.1 Å². The van der Waals surface area contributed by atoms with Crippen molar-refractivity contribution in [1.82, 2.24) is 4.90 Å². The SMILES string of the molecule is Cc1ccc(NC(=O)CN2C(=O)S/C(=C\c3ccc(N4CCOCC4)cc3)C2=O)cc1. The molecule has 0 atom stereocenters. The quantitative estimate of drug-likeness (QED) is 0.722. The zero-order valence-corrected chi connectivity index (χ0v) is 18.0. The molecule has 2 aromatic carbocycles. The van der Waals surface area contributed by atoms with Gasteiger partial charge in [-0.1, -0.05) is 29.8 Å². The lowest BCUT2D eigenvalue weighted by atomic mass is 10.1. The molecule has 31 heavy (non-hydrogen) atoms. The highest BCUT2D eigenvalue weighted by molar-refractivity contribution is 8.18. The van der Waals surface area contributed by atoms with Crippen LogP contribution in [0.3, 0.4) is 0 Å². The molecule has 1 N–H and O–H groups in total. The summed E-state index contributed by atoms with van der Waals surface area (Å²) in [5, 5.41) is 2.27. The van der Waals surface area contributed by atoms with Gasteiger partial charge in [0.15, 0.2) is 0 Å². The fourth-order valence-corrected chi connectivity index (χ4v) is 4.21. The molecule has 2 aromatic rings. The summed E-state index contributed by atoms with van der Waals surface area (Å²) < 4.78 is 5.37. The van der Waals surface area contributed by atoms with E-state index in [4.69, 9.17) is 4.74 Å². The number of carbonyl (C=O) groups is 3. The van der Waals surface area contributed by atoms with Crippen molar-refractivity contribution in [2.45, 2.75) is 6.92 Å². The Hall–Kier alpha value is -3.10. The first-order valence-electron chi connectivity index (χ1n) is 10.0. The fourth-order valence-electron chi connectivity index (χ4n) is 3.37. The number of carbonyl (C=O) groups excluding carboxylic acids is 3. The number of imide groups is 1. The summed E-state index contributed by atoms with van der Waals surface area (Å²) in [6.07, 6.45) is 1.69. The minimum atomic E-state index is -0.452. The van der Waals surface area contributed by atoms with Crippen molar-refractivity contribution in [3.05, 3.63) is 64.6 Å². The van der Waals surface area contributed by atoms with E-state index in [0.717, 1.165) is 46.6 Å². The number of morpholine rings is 1. The van der Waals surface area contributed by atoms with Gasteiger partial charge in [-0.25, -0.2) is 0 Å². The molecule has 2 aliphatic heterocycles. The summed E-state index contributed by atoms with van der Waals surface area (Å²) >= 11 is 0.851. The van der Waals surface area contributed by atoms with E-state index >= 15 is 0 Å². The van der Waals surface area contributed by atoms with Crippen LogP contribution in [0.25, 0.3) is 6.08 Å². The molecule has 7 nitrogen and oxygen atoms in total. The summed E-state index contributed by atoms with van der Waals surface area (Å²) in [6, 6.07) is 15.1. The normalized spacial score (nSPS) is 18.0. The van der Waals surface area contributed by atoms with Crippen molar-refractivity contribution in [1.29, 1.82) is 0 Å². The summed E-state index contributed by atoms with van der Waals surface area (Å²) in [5.41, 5.74) is 3.62. The molecule has 2 aliphatic rings. The highest BCUT2D eigenvalue weighted by Gasteiger charge is 2.36. The van der Waals surface area contributed by atoms with Crippen molar-refractivity contribution >= 4 is 46.3 Å². The number of amides is 3. The number of hydrogen-bond acceptors (Lipinski definition) is 6. The summed E-state index contributed by atoms with van der Waals surface area (Å²) in [7, 11) is 0. The van der Waals surface area contributed by atoms with Crippen LogP contribution in [0.15, 0.2) is 53.4 Å². The van der Waals surface area contributed by atoms with E-state index in [9.17, 15) is 14.4 Å². The van der Waals surface area contributed by atoms with Crippen molar-refractivity contribution < 1.29 is 19.1 Å². The van der Waals surface area contributed by atoms with Crippen LogP contribution in [0, 0.1) is 6.92 Å². The molecule has 3 amide bonds. The third kappa shape index (κ3) is 5.15. The summed E-state index contributed by atoms with van der Waals surface area (Å²) in [4.78, 5) is 40.8. The van der Waals surface area contributed by atoms with Crippen LogP contribution in [-0.2, 0) is 14.3 Å². The van der Waals surface area contributed by atoms with E-state index in [1.165, 1.54) is 0 Å². The number of thioether (sulfide) groups is 1. The minimum absolute atomic E-state index is 0.312. The van der Waals surface area contributed by atoms with Crippen LogP contribution in [0.4, 0.5) is 16.2 Å². The maximum Gasteiger partial charge on any atom is 0.294 e. The van der Waals surface area contributed by atoms with Gasteiger partial charge in [0.25, 0.3) is 11.1 Å². The lowest BCUT2D eigenvalue weighted by Gasteiger charge is -2.28. The molecular weight excluding hydrogens is 414 g/mol. The lowest BCUT2D eigenvalue weighted by Crippen LogP contribution is -2.36. The number of rotatable bonds is 5. The van der Waals surface area contributed by atoms with Crippen molar-refractivity contribution in [3.63, 3.8) is 0 Å². The van der Waals surface area contributed by atoms with Gasteiger partial charge in [0.2, 0.25) is 5.91 Å². The fraction of sp³-hybridized carbons (Fsp3) is 0.261. The first-order valence-corrected chi connectivity index (χ1v) is 10.9. The molecule has 0 unspecified atom stereocenters. The largest absolute Gasteiger partial charge is 0.378 e. The number of ether oxygens (including phenoxy) is 1. The van der Waals surface area contributed by atoms with E-state index < -0.39 is 17.1 Å². The van der Waals surface area contributed by atoms with Crippen molar-refractivity contribution in [2.24, 2.45) is 0 Å². The van der Waals surface area contributed by atoms with Crippen LogP contribution in [-0.4, -0.2) is 54.8 Å². The molecule has 2 saturated heterocycles. The van der Waals surface area contributed by atoms with E-state index in [1.54, 1.807) is 18.2 Å². The van der Waals surface area contributed by atoms with Crippen LogP contribution in [0.1, 0.15) is 11.1 Å².